The Balaban J connectivity index is 2.03. The van der Waals surface area contributed by atoms with E-state index in [9.17, 15) is 15.0 Å². The monoisotopic (exact) mass is 341 g/mol. The number of likely N-dealkylation sites (tertiary alicyclic amines) is 1. The number of hydrogen-bond acceptors (Lipinski definition) is 3. The molecule has 2 rings (SSSR count). The van der Waals surface area contributed by atoms with Gasteiger partial charge in [-0.2, -0.15) is 0 Å². The van der Waals surface area contributed by atoms with E-state index in [2.05, 4.69) is 33.9 Å². The molecule has 0 bridgehead atoms. The van der Waals surface area contributed by atoms with Crippen molar-refractivity contribution in [1.29, 1.82) is 0 Å². The van der Waals surface area contributed by atoms with Crippen LogP contribution in [0.2, 0.25) is 18.1 Å². The number of aliphatic hydroxyl groups excluding tert-OH is 1. The fourth-order valence-corrected chi connectivity index (χ4v) is 4.49. The molecule has 0 saturated carbocycles. The number of carbonyl (C=O) groups is 1. The molecule has 0 aromatic heterocycles. The molecule has 5 nitrogen and oxygen atoms in total. The lowest BCUT2D eigenvalue weighted by Crippen LogP contribution is -2.48. The SMILES string of the molecule is CC(C)(C)[Si](C)(C)OCC[C@H]1[C@@H]2[C@@H](C=C[C@H]1O)CCN2C(=O)O. The van der Waals surface area contributed by atoms with E-state index >= 15 is 0 Å². The molecule has 4 atom stereocenters. The maximum atomic E-state index is 11.5. The van der Waals surface area contributed by atoms with Crippen molar-refractivity contribution in [2.24, 2.45) is 11.8 Å². The second-order valence-corrected chi connectivity index (χ2v) is 13.2. The minimum Gasteiger partial charge on any atom is -0.465 e. The molecule has 1 fully saturated rings. The summed E-state index contributed by atoms with van der Waals surface area (Å²) in [4.78, 5) is 13.0. The van der Waals surface area contributed by atoms with E-state index in [0.29, 0.717) is 19.6 Å². The summed E-state index contributed by atoms with van der Waals surface area (Å²) in [6, 6.07) is -0.115. The van der Waals surface area contributed by atoms with Crippen molar-refractivity contribution in [1.82, 2.24) is 4.90 Å². The second kappa shape index (κ2) is 6.57. The van der Waals surface area contributed by atoms with Crippen LogP contribution in [0.25, 0.3) is 0 Å². The van der Waals surface area contributed by atoms with E-state index in [-0.39, 0.29) is 22.9 Å². The van der Waals surface area contributed by atoms with Gasteiger partial charge in [-0.25, -0.2) is 4.79 Å². The molecule has 2 N–H and O–H groups in total. The molecule has 6 heteroatoms. The summed E-state index contributed by atoms with van der Waals surface area (Å²) in [6.07, 6.45) is 3.91. The van der Waals surface area contributed by atoms with Crippen molar-refractivity contribution >= 4 is 14.4 Å². The van der Waals surface area contributed by atoms with Gasteiger partial charge < -0.3 is 19.5 Å². The molecule has 1 aliphatic carbocycles. The highest BCUT2D eigenvalue weighted by molar-refractivity contribution is 6.74. The molecule has 0 aromatic rings. The van der Waals surface area contributed by atoms with Crippen LogP contribution >= 0.6 is 0 Å². The summed E-state index contributed by atoms with van der Waals surface area (Å²) in [5.74, 6) is 0.153. The Labute approximate surface area is 140 Å². The minimum atomic E-state index is -1.81. The highest BCUT2D eigenvalue weighted by atomic mass is 28.4. The van der Waals surface area contributed by atoms with Crippen LogP contribution in [0.4, 0.5) is 4.79 Å². The average molecular weight is 342 g/mol. The zero-order chi connectivity index (χ0) is 17.4. The van der Waals surface area contributed by atoms with Gasteiger partial charge in [0, 0.05) is 25.1 Å². The average Bonchev–Trinajstić information content (AvgIpc) is 2.84. The number of nitrogens with zero attached hydrogens (tertiary/aromatic N) is 1. The van der Waals surface area contributed by atoms with Gasteiger partial charge in [0.15, 0.2) is 8.32 Å². The largest absolute Gasteiger partial charge is 0.465 e. The van der Waals surface area contributed by atoms with Crippen molar-refractivity contribution in [2.75, 3.05) is 13.2 Å². The molecule has 1 saturated heterocycles. The van der Waals surface area contributed by atoms with E-state index < -0.39 is 20.5 Å². The molecule has 132 valence electrons. The van der Waals surface area contributed by atoms with Crippen molar-refractivity contribution in [2.45, 2.75) is 63.9 Å². The van der Waals surface area contributed by atoms with Gasteiger partial charge in [-0.05, 0) is 36.9 Å². The molecule has 1 heterocycles. The zero-order valence-electron chi connectivity index (χ0n) is 15.0. The molecule has 0 aromatic carbocycles. The topological polar surface area (TPSA) is 70.0 Å². The predicted molar refractivity (Wildman–Crippen MR) is 93.0 cm³/mol. The van der Waals surface area contributed by atoms with E-state index in [1.165, 1.54) is 4.90 Å². The first kappa shape index (κ1) is 18.5. The van der Waals surface area contributed by atoms with Crippen LogP contribution in [0.15, 0.2) is 12.2 Å². The zero-order valence-corrected chi connectivity index (χ0v) is 16.0. The number of aliphatic hydroxyl groups is 1. The highest BCUT2D eigenvalue weighted by Gasteiger charge is 2.45. The van der Waals surface area contributed by atoms with Crippen LogP contribution in [-0.2, 0) is 4.43 Å². The van der Waals surface area contributed by atoms with Gasteiger partial charge in [-0.15, -0.1) is 0 Å². The van der Waals surface area contributed by atoms with Crippen molar-refractivity contribution in [3.63, 3.8) is 0 Å². The minimum absolute atomic E-state index is 0.0756. The third-order valence-corrected chi connectivity index (χ3v) is 10.4. The molecule has 2 aliphatic rings. The quantitative estimate of drug-likeness (QED) is 0.608. The third-order valence-electron chi connectivity index (χ3n) is 5.90. The van der Waals surface area contributed by atoms with E-state index in [1.807, 2.05) is 12.2 Å². The first-order valence-electron chi connectivity index (χ1n) is 8.54. The lowest BCUT2D eigenvalue weighted by molar-refractivity contribution is 0.0482. The van der Waals surface area contributed by atoms with Crippen LogP contribution in [0.3, 0.4) is 0 Å². The molecule has 23 heavy (non-hydrogen) atoms. The molecule has 0 radical (unpaired) electrons. The summed E-state index contributed by atoms with van der Waals surface area (Å²) in [6.45, 7) is 12.2. The Morgan fingerprint density at radius 2 is 2.00 bits per heavy atom. The van der Waals surface area contributed by atoms with Gasteiger partial charge in [0.1, 0.15) is 0 Å². The van der Waals surface area contributed by atoms with Crippen molar-refractivity contribution < 1.29 is 19.4 Å². The van der Waals surface area contributed by atoms with Crippen LogP contribution < -0.4 is 0 Å². The second-order valence-electron chi connectivity index (χ2n) is 8.36. The lowest BCUT2D eigenvalue weighted by Gasteiger charge is -2.39. The Morgan fingerprint density at radius 1 is 1.35 bits per heavy atom. The Kier molecular flexibility index (Phi) is 5.28. The maximum Gasteiger partial charge on any atom is 0.407 e. The normalized spacial score (nSPS) is 31.3. The number of amides is 1. The highest BCUT2D eigenvalue weighted by Crippen LogP contribution is 2.39. The first-order chi connectivity index (χ1) is 10.5. The molecule has 1 aliphatic heterocycles. The summed E-state index contributed by atoms with van der Waals surface area (Å²) >= 11 is 0. The number of hydrogen-bond donors (Lipinski definition) is 2. The Hall–Kier alpha value is -0.853. The number of fused-ring (bicyclic) bond motifs is 1. The number of carboxylic acid groups (broad SMARTS) is 1. The van der Waals surface area contributed by atoms with Crippen LogP contribution in [0.1, 0.15) is 33.6 Å². The fraction of sp³-hybridized carbons (Fsp3) is 0.824. The third kappa shape index (κ3) is 3.80. The van der Waals surface area contributed by atoms with Gasteiger partial charge >= 0.3 is 6.09 Å². The molecular formula is C17H31NO4Si. The summed E-state index contributed by atoms with van der Waals surface area (Å²) in [5, 5.41) is 19.9. The summed E-state index contributed by atoms with van der Waals surface area (Å²) < 4.78 is 6.23. The Bertz CT molecular complexity index is 472. The maximum absolute atomic E-state index is 11.5. The van der Waals surface area contributed by atoms with Crippen molar-refractivity contribution in [3.8, 4) is 0 Å². The van der Waals surface area contributed by atoms with Gasteiger partial charge in [-0.3, -0.25) is 0 Å². The van der Waals surface area contributed by atoms with Crippen LogP contribution in [0, 0.1) is 11.8 Å². The predicted octanol–water partition coefficient (Wildman–Crippen LogP) is 3.31. The van der Waals surface area contributed by atoms with Crippen molar-refractivity contribution in [3.05, 3.63) is 12.2 Å². The fourth-order valence-electron chi connectivity index (χ4n) is 3.43. The van der Waals surface area contributed by atoms with Crippen LogP contribution in [-0.4, -0.2) is 54.8 Å². The van der Waals surface area contributed by atoms with E-state index in [0.717, 1.165) is 6.42 Å². The molecule has 0 unspecified atom stereocenters. The van der Waals surface area contributed by atoms with Crippen LogP contribution in [0.5, 0.6) is 0 Å². The molecule has 0 spiro atoms. The first-order valence-corrected chi connectivity index (χ1v) is 11.5. The smallest absolute Gasteiger partial charge is 0.407 e. The van der Waals surface area contributed by atoms with Gasteiger partial charge in [0.25, 0.3) is 0 Å². The molecular weight excluding hydrogens is 310 g/mol. The van der Waals surface area contributed by atoms with Gasteiger partial charge in [0.05, 0.1) is 6.10 Å². The summed E-state index contributed by atoms with van der Waals surface area (Å²) in [5.41, 5.74) is 0. The van der Waals surface area contributed by atoms with E-state index in [4.69, 9.17) is 4.43 Å². The summed E-state index contributed by atoms with van der Waals surface area (Å²) in [7, 11) is -1.81. The lowest BCUT2D eigenvalue weighted by atomic mass is 9.78. The van der Waals surface area contributed by atoms with Gasteiger partial charge in [0.2, 0.25) is 0 Å². The standard InChI is InChI=1S/C17H31NO4Si/c1-17(2,3)23(4,5)22-11-9-13-14(19)7-6-12-8-10-18(15(12)13)16(20)21/h6-7,12-15,19H,8-11H2,1-5H3,(H,20,21)/t12-,13+,14+,15-/m0/s1. The number of rotatable bonds is 4. The Morgan fingerprint density at radius 3 is 2.57 bits per heavy atom. The molecule has 1 amide bonds. The van der Waals surface area contributed by atoms with E-state index in [1.54, 1.807) is 0 Å². The van der Waals surface area contributed by atoms with Gasteiger partial charge in [-0.1, -0.05) is 32.9 Å².